The Kier molecular flexibility index (Phi) is 5.89. The second kappa shape index (κ2) is 8.12. The van der Waals surface area contributed by atoms with E-state index in [0.29, 0.717) is 31.0 Å². The SMILES string of the molecule is CN=C(NCCc1cc(F)ccc1F)NCc1ccccc1. The highest BCUT2D eigenvalue weighted by Crippen LogP contribution is 2.09. The maximum absolute atomic E-state index is 13.5. The molecule has 0 saturated carbocycles. The Morgan fingerprint density at radius 3 is 2.55 bits per heavy atom. The molecule has 5 heteroatoms. The fourth-order valence-corrected chi connectivity index (χ4v) is 2.05. The van der Waals surface area contributed by atoms with Gasteiger partial charge < -0.3 is 10.6 Å². The molecule has 2 aromatic carbocycles. The quantitative estimate of drug-likeness (QED) is 0.658. The van der Waals surface area contributed by atoms with Gasteiger partial charge in [0.15, 0.2) is 5.96 Å². The molecule has 0 atom stereocenters. The van der Waals surface area contributed by atoms with Gasteiger partial charge in [0, 0.05) is 20.1 Å². The number of hydrogen-bond acceptors (Lipinski definition) is 1. The van der Waals surface area contributed by atoms with E-state index in [-0.39, 0.29) is 0 Å². The molecule has 0 aliphatic rings. The van der Waals surface area contributed by atoms with Crippen molar-refractivity contribution in [2.75, 3.05) is 13.6 Å². The third-order valence-corrected chi connectivity index (χ3v) is 3.22. The number of aliphatic imine (C=N–C) groups is 1. The molecule has 0 aliphatic carbocycles. The highest BCUT2D eigenvalue weighted by molar-refractivity contribution is 5.79. The van der Waals surface area contributed by atoms with Crippen molar-refractivity contribution in [3.63, 3.8) is 0 Å². The van der Waals surface area contributed by atoms with Crippen LogP contribution in [0.25, 0.3) is 0 Å². The first-order chi connectivity index (χ1) is 10.7. The zero-order valence-corrected chi connectivity index (χ0v) is 12.4. The molecule has 0 spiro atoms. The molecule has 0 saturated heterocycles. The lowest BCUT2D eigenvalue weighted by Crippen LogP contribution is -2.37. The molecule has 0 unspecified atom stereocenters. The molecule has 0 aliphatic heterocycles. The summed E-state index contributed by atoms with van der Waals surface area (Å²) in [6.07, 6.45) is 0.385. The summed E-state index contributed by atoms with van der Waals surface area (Å²) in [7, 11) is 1.67. The largest absolute Gasteiger partial charge is 0.356 e. The van der Waals surface area contributed by atoms with Crippen LogP contribution in [-0.4, -0.2) is 19.6 Å². The number of halogens is 2. The van der Waals surface area contributed by atoms with Gasteiger partial charge >= 0.3 is 0 Å². The Labute approximate surface area is 129 Å². The van der Waals surface area contributed by atoms with E-state index in [4.69, 9.17) is 0 Å². The molecule has 22 heavy (non-hydrogen) atoms. The lowest BCUT2D eigenvalue weighted by molar-refractivity contribution is 0.583. The van der Waals surface area contributed by atoms with Gasteiger partial charge in [0.2, 0.25) is 0 Å². The van der Waals surface area contributed by atoms with Gasteiger partial charge in [0.05, 0.1) is 0 Å². The topological polar surface area (TPSA) is 36.4 Å². The zero-order chi connectivity index (χ0) is 15.8. The Morgan fingerprint density at radius 2 is 1.82 bits per heavy atom. The first kappa shape index (κ1) is 15.9. The summed E-state index contributed by atoms with van der Waals surface area (Å²) in [6.45, 7) is 1.11. The molecule has 2 rings (SSSR count). The van der Waals surface area contributed by atoms with Gasteiger partial charge in [-0.2, -0.15) is 0 Å². The summed E-state index contributed by atoms with van der Waals surface area (Å²) in [6, 6.07) is 13.4. The minimum atomic E-state index is -0.428. The molecular weight excluding hydrogens is 284 g/mol. The molecular formula is C17H19F2N3. The van der Waals surface area contributed by atoms with Crippen molar-refractivity contribution in [2.45, 2.75) is 13.0 Å². The summed E-state index contributed by atoms with van der Waals surface area (Å²) < 4.78 is 26.6. The van der Waals surface area contributed by atoms with Crippen LogP contribution < -0.4 is 10.6 Å². The van der Waals surface area contributed by atoms with E-state index >= 15 is 0 Å². The number of benzene rings is 2. The fraction of sp³-hybridized carbons (Fsp3) is 0.235. The van der Waals surface area contributed by atoms with E-state index in [0.717, 1.165) is 17.7 Å². The first-order valence-corrected chi connectivity index (χ1v) is 7.11. The first-order valence-electron chi connectivity index (χ1n) is 7.11. The summed E-state index contributed by atoms with van der Waals surface area (Å²) in [5.41, 5.74) is 1.49. The van der Waals surface area contributed by atoms with Crippen molar-refractivity contribution < 1.29 is 8.78 Å². The van der Waals surface area contributed by atoms with Crippen molar-refractivity contribution in [3.05, 3.63) is 71.3 Å². The second-order valence-electron chi connectivity index (χ2n) is 4.82. The zero-order valence-electron chi connectivity index (χ0n) is 12.4. The average molecular weight is 303 g/mol. The standard InChI is InChI=1S/C17H19F2N3/c1-20-17(22-12-13-5-3-2-4-6-13)21-10-9-14-11-15(18)7-8-16(14)19/h2-8,11H,9-10,12H2,1H3,(H2,20,21,22). The molecule has 2 aromatic rings. The minimum Gasteiger partial charge on any atom is -0.356 e. The molecule has 0 heterocycles. The molecule has 3 nitrogen and oxygen atoms in total. The highest BCUT2D eigenvalue weighted by atomic mass is 19.1. The highest BCUT2D eigenvalue weighted by Gasteiger charge is 2.04. The second-order valence-corrected chi connectivity index (χ2v) is 4.82. The van der Waals surface area contributed by atoms with Gasteiger partial charge in [0.1, 0.15) is 11.6 Å². The maximum Gasteiger partial charge on any atom is 0.191 e. The van der Waals surface area contributed by atoms with Crippen molar-refractivity contribution in [1.29, 1.82) is 0 Å². The van der Waals surface area contributed by atoms with Crippen molar-refractivity contribution in [1.82, 2.24) is 10.6 Å². The predicted octanol–water partition coefficient (Wildman–Crippen LogP) is 2.87. The van der Waals surface area contributed by atoms with Gasteiger partial charge in [-0.05, 0) is 35.7 Å². The number of rotatable bonds is 5. The predicted molar refractivity (Wildman–Crippen MR) is 84.7 cm³/mol. The van der Waals surface area contributed by atoms with Crippen molar-refractivity contribution in [3.8, 4) is 0 Å². The summed E-state index contributed by atoms with van der Waals surface area (Å²) in [5.74, 6) is -0.195. The molecule has 0 amide bonds. The van der Waals surface area contributed by atoms with E-state index in [2.05, 4.69) is 15.6 Å². The van der Waals surface area contributed by atoms with Crippen LogP contribution in [0.3, 0.4) is 0 Å². The van der Waals surface area contributed by atoms with Crippen molar-refractivity contribution >= 4 is 5.96 Å². The minimum absolute atomic E-state index is 0.353. The Hall–Kier alpha value is -2.43. The number of nitrogens with zero attached hydrogens (tertiary/aromatic N) is 1. The van der Waals surface area contributed by atoms with E-state index in [9.17, 15) is 8.78 Å². The van der Waals surface area contributed by atoms with Crippen LogP contribution in [0.5, 0.6) is 0 Å². The van der Waals surface area contributed by atoms with Crippen molar-refractivity contribution in [2.24, 2.45) is 4.99 Å². The molecule has 0 fully saturated rings. The Morgan fingerprint density at radius 1 is 1.05 bits per heavy atom. The van der Waals surface area contributed by atoms with Gasteiger partial charge in [-0.15, -0.1) is 0 Å². The van der Waals surface area contributed by atoms with Crippen LogP contribution in [0.15, 0.2) is 53.5 Å². The van der Waals surface area contributed by atoms with Gasteiger partial charge in [-0.3, -0.25) is 4.99 Å². The number of nitrogens with one attached hydrogen (secondary N) is 2. The Bertz CT molecular complexity index is 627. The molecule has 0 aromatic heterocycles. The number of hydrogen-bond donors (Lipinski definition) is 2. The molecule has 0 bridgehead atoms. The average Bonchev–Trinajstić information content (AvgIpc) is 2.55. The van der Waals surface area contributed by atoms with Crippen LogP contribution in [0, 0.1) is 11.6 Å². The van der Waals surface area contributed by atoms with E-state index in [1.807, 2.05) is 30.3 Å². The molecule has 2 N–H and O–H groups in total. The Balaban J connectivity index is 1.80. The van der Waals surface area contributed by atoms with E-state index in [1.165, 1.54) is 6.07 Å². The van der Waals surface area contributed by atoms with Gasteiger partial charge in [-0.1, -0.05) is 30.3 Å². The maximum atomic E-state index is 13.5. The van der Waals surface area contributed by atoms with Crippen LogP contribution in [0.4, 0.5) is 8.78 Å². The van der Waals surface area contributed by atoms with Crippen LogP contribution in [0.2, 0.25) is 0 Å². The lowest BCUT2D eigenvalue weighted by Gasteiger charge is -2.12. The van der Waals surface area contributed by atoms with Gasteiger partial charge in [-0.25, -0.2) is 8.78 Å². The normalized spacial score (nSPS) is 11.3. The third kappa shape index (κ3) is 4.84. The smallest absolute Gasteiger partial charge is 0.191 e. The number of guanidine groups is 1. The van der Waals surface area contributed by atoms with Crippen LogP contribution in [-0.2, 0) is 13.0 Å². The monoisotopic (exact) mass is 303 g/mol. The summed E-state index contributed by atoms with van der Waals surface area (Å²) in [4.78, 5) is 4.10. The van der Waals surface area contributed by atoms with E-state index < -0.39 is 11.6 Å². The lowest BCUT2D eigenvalue weighted by atomic mass is 10.1. The van der Waals surface area contributed by atoms with Crippen LogP contribution in [0.1, 0.15) is 11.1 Å². The third-order valence-electron chi connectivity index (χ3n) is 3.22. The molecule has 116 valence electrons. The van der Waals surface area contributed by atoms with E-state index in [1.54, 1.807) is 7.05 Å². The fourth-order valence-electron chi connectivity index (χ4n) is 2.05. The van der Waals surface area contributed by atoms with Gasteiger partial charge in [0.25, 0.3) is 0 Å². The molecule has 0 radical (unpaired) electrons. The van der Waals surface area contributed by atoms with Crippen LogP contribution >= 0.6 is 0 Å². The summed E-state index contributed by atoms with van der Waals surface area (Å²) in [5, 5.41) is 6.25. The summed E-state index contributed by atoms with van der Waals surface area (Å²) >= 11 is 0.